The Morgan fingerprint density at radius 1 is 1.09 bits per heavy atom. The Morgan fingerprint density at radius 3 is 2.59 bits per heavy atom. The quantitative estimate of drug-likeness (QED) is 0.165. The summed E-state index contributed by atoms with van der Waals surface area (Å²) in [5, 5.41) is 29.0. The van der Waals surface area contributed by atoms with Crippen LogP contribution in [0.5, 0.6) is 5.75 Å². The Labute approximate surface area is 257 Å². The van der Waals surface area contributed by atoms with Crippen molar-refractivity contribution in [2.75, 3.05) is 57.5 Å². The van der Waals surface area contributed by atoms with Crippen molar-refractivity contribution >= 4 is 33.2 Å². The van der Waals surface area contributed by atoms with Crippen LogP contribution in [0.3, 0.4) is 0 Å². The minimum atomic E-state index is -0.663. The molecule has 5 N–H and O–H groups in total. The number of H-pyrrole nitrogens is 1. The normalized spacial score (nSPS) is 20.0. The number of hydrogen-bond donors (Lipinski definition) is 5. The number of β-amino-alcohol motifs (C(OH)–C–C–N with tert-alkyl or cyclic N) is 1. The van der Waals surface area contributed by atoms with Crippen molar-refractivity contribution in [1.82, 2.24) is 25.3 Å². The van der Waals surface area contributed by atoms with E-state index < -0.39 is 6.23 Å². The highest BCUT2D eigenvalue weighted by Gasteiger charge is 2.35. The highest BCUT2D eigenvalue weighted by molar-refractivity contribution is 5.99. The minimum Gasteiger partial charge on any atom is -0.496 e. The van der Waals surface area contributed by atoms with Crippen LogP contribution in [0.1, 0.15) is 35.5 Å². The number of aryl methyl sites for hydroxylation is 2. The van der Waals surface area contributed by atoms with Crippen molar-refractivity contribution in [3.05, 3.63) is 71.1 Å². The van der Waals surface area contributed by atoms with Gasteiger partial charge in [0.25, 0.3) is 0 Å². The molecule has 10 nitrogen and oxygen atoms in total. The summed E-state index contributed by atoms with van der Waals surface area (Å²) in [6, 6.07) is 17.0. The highest BCUT2D eigenvalue weighted by atomic mass is 16.5. The molecule has 0 amide bonds. The lowest BCUT2D eigenvalue weighted by atomic mass is 9.89. The molecule has 2 aliphatic heterocycles. The van der Waals surface area contributed by atoms with Crippen LogP contribution in [0.25, 0.3) is 32.8 Å². The van der Waals surface area contributed by atoms with Gasteiger partial charge in [0, 0.05) is 65.8 Å². The Balaban J connectivity index is 1.32. The lowest BCUT2D eigenvalue weighted by Crippen LogP contribution is -2.47. The fourth-order valence-corrected chi connectivity index (χ4v) is 7.04. The van der Waals surface area contributed by atoms with Crippen LogP contribution in [0.4, 0.5) is 11.5 Å². The van der Waals surface area contributed by atoms with Gasteiger partial charge in [-0.1, -0.05) is 35.5 Å². The van der Waals surface area contributed by atoms with E-state index >= 15 is 0 Å². The number of aliphatic hydroxyl groups excluding tert-OH is 1. The second-order valence-corrected chi connectivity index (χ2v) is 12.1. The predicted molar refractivity (Wildman–Crippen MR) is 175 cm³/mol. The van der Waals surface area contributed by atoms with E-state index in [0.717, 1.165) is 87.7 Å². The van der Waals surface area contributed by atoms with E-state index in [0.29, 0.717) is 6.54 Å². The first-order valence-corrected chi connectivity index (χ1v) is 15.4. The highest BCUT2D eigenvalue weighted by Crippen LogP contribution is 2.47. The molecule has 5 aromatic rings. The number of anilines is 2. The number of piperazine rings is 1. The number of nitrogens with one attached hydrogen (secondary N) is 4. The lowest BCUT2D eigenvalue weighted by Gasteiger charge is -2.40. The lowest BCUT2D eigenvalue weighted by molar-refractivity contribution is 0.124. The van der Waals surface area contributed by atoms with E-state index in [1.54, 1.807) is 7.11 Å². The number of aliphatic hydroxyl groups is 1. The van der Waals surface area contributed by atoms with Crippen LogP contribution in [-0.2, 0) is 0 Å². The van der Waals surface area contributed by atoms with Gasteiger partial charge in [0.05, 0.1) is 30.6 Å². The molecular weight excluding hydrogens is 554 g/mol. The molecule has 0 bridgehead atoms. The fourth-order valence-electron chi connectivity index (χ4n) is 7.04. The van der Waals surface area contributed by atoms with Crippen LogP contribution in [-0.4, -0.2) is 84.3 Å². The Bertz CT molecular complexity index is 1800. The SMILES string of the molecule is COc1cc2c3c([nH]c2cc1-c1c(C)noc1C)NC(C)N(C)C3c1ccc(NC(O)CN2CCNCC2)c2ccccc12. The molecule has 44 heavy (non-hydrogen) atoms. The molecule has 230 valence electrons. The van der Waals surface area contributed by atoms with E-state index in [2.05, 4.69) is 98.4 Å². The average Bonchev–Trinajstić information content (AvgIpc) is 3.55. The van der Waals surface area contributed by atoms with E-state index in [9.17, 15) is 5.11 Å². The molecular formula is C34H41N7O3. The molecule has 3 aromatic carbocycles. The van der Waals surface area contributed by atoms with Crippen LogP contribution in [0.2, 0.25) is 0 Å². The second kappa shape index (κ2) is 11.4. The number of ether oxygens (including phenoxy) is 1. The maximum Gasteiger partial charge on any atom is 0.141 e. The summed E-state index contributed by atoms with van der Waals surface area (Å²) < 4.78 is 11.5. The molecule has 1 saturated heterocycles. The van der Waals surface area contributed by atoms with Crippen molar-refractivity contribution in [3.8, 4) is 16.9 Å². The number of rotatable bonds is 7. The Morgan fingerprint density at radius 2 is 1.86 bits per heavy atom. The standard InChI is InChI=1S/C34H41N7O3/c1-19-31(20(2)44-39-19)26-16-28-25(17-29(26)43-5)32-33(40(4)21(3)36-34(32)38-28)24-10-11-27(23-9-7-6-8-22(23)24)37-30(42)18-41-14-12-35-13-15-41/h6-11,16-17,21,30,33,35-38,42H,12-15,18H2,1-5H3. The zero-order chi connectivity index (χ0) is 30.5. The van der Waals surface area contributed by atoms with Crippen LogP contribution >= 0.6 is 0 Å². The summed E-state index contributed by atoms with van der Waals surface area (Å²) in [5.74, 6) is 2.54. The molecule has 3 unspecified atom stereocenters. The summed E-state index contributed by atoms with van der Waals surface area (Å²) in [4.78, 5) is 8.35. The summed E-state index contributed by atoms with van der Waals surface area (Å²) in [5.41, 5.74) is 7.07. The minimum absolute atomic E-state index is 0.0330. The van der Waals surface area contributed by atoms with Gasteiger partial charge >= 0.3 is 0 Å². The molecule has 2 aromatic heterocycles. The number of aromatic nitrogens is 2. The maximum absolute atomic E-state index is 11.0. The summed E-state index contributed by atoms with van der Waals surface area (Å²) in [6.07, 6.45) is -0.578. The van der Waals surface area contributed by atoms with Crippen LogP contribution < -0.4 is 20.7 Å². The van der Waals surface area contributed by atoms with Gasteiger partial charge in [-0.15, -0.1) is 0 Å². The van der Waals surface area contributed by atoms with E-state index in [-0.39, 0.29) is 12.2 Å². The Hall–Kier alpha value is -4.09. The number of aromatic amines is 1. The number of fused-ring (bicyclic) bond motifs is 4. The monoisotopic (exact) mass is 595 g/mol. The van der Waals surface area contributed by atoms with Gasteiger partial charge in [-0.05, 0) is 57.0 Å². The van der Waals surface area contributed by atoms with Crippen molar-refractivity contribution in [1.29, 1.82) is 0 Å². The van der Waals surface area contributed by atoms with Crippen LogP contribution in [0, 0.1) is 13.8 Å². The third-order valence-electron chi connectivity index (χ3n) is 9.32. The average molecular weight is 596 g/mol. The van der Waals surface area contributed by atoms with Gasteiger partial charge < -0.3 is 35.3 Å². The van der Waals surface area contributed by atoms with Crippen molar-refractivity contribution in [3.63, 3.8) is 0 Å². The van der Waals surface area contributed by atoms with Gasteiger partial charge in [-0.2, -0.15) is 0 Å². The Kier molecular flexibility index (Phi) is 7.45. The molecule has 7 rings (SSSR count). The number of benzene rings is 3. The van der Waals surface area contributed by atoms with Gasteiger partial charge in [-0.25, -0.2) is 0 Å². The number of hydrogen-bond acceptors (Lipinski definition) is 9. The number of methoxy groups -OCH3 is 1. The second-order valence-electron chi connectivity index (χ2n) is 12.1. The van der Waals surface area contributed by atoms with Crippen molar-refractivity contribution in [2.45, 2.75) is 39.2 Å². The van der Waals surface area contributed by atoms with Gasteiger partial charge in [-0.3, -0.25) is 9.80 Å². The zero-order valence-electron chi connectivity index (χ0n) is 26.0. The topological polar surface area (TPSA) is 114 Å². The van der Waals surface area contributed by atoms with Gasteiger partial charge in [0.1, 0.15) is 23.6 Å². The molecule has 1 fully saturated rings. The van der Waals surface area contributed by atoms with Gasteiger partial charge in [0.2, 0.25) is 0 Å². The molecule has 10 heteroatoms. The molecule has 4 heterocycles. The van der Waals surface area contributed by atoms with Crippen molar-refractivity contribution in [2.24, 2.45) is 0 Å². The van der Waals surface area contributed by atoms with Gasteiger partial charge in [0.15, 0.2) is 0 Å². The number of nitrogens with zero attached hydrogens (tertiary/aromatic N) is 3. The third kappa shape index (κ3) is 4.88. The smallest absolute Gasteiger partial charge is 0.141 e. The third-order valence-corrected chi connectivity index (χ3v) is 9.32. The summed E-state index contributed by atoms with van der Waals surface area (Å²) in [6.45, 7) is 10.4. The molecule has 2 aliphatic rings. The molecule has 0 saturated carbocycles. The molecule has 0 radical (unpaired) electrons. The summed E-state index contributed by atoms with van der Waals surface area (Å²) >= 11 is 0. The van der Waals surface area contributed by atoms with E-state index in [4.69, 9.17) is 9.26 Å². The van der Waals surface area contributed by atoms with Crippen LogP contribution in [0.15, 0.2) is 53.1 Å². The molecule has 0 aliphatic carbocycles. The first-order valence-electron chi connectivity index (χ1n) is 15.4. The van der Waals surface area contributed by atoms with E-state index in [1.807, 2.05) is 13.8 Å². The van der Waals surface area contributed by atoms with Crippen molar-refractivity contribution < 1.29 is 14.4 Å². The first-order chi connectivity index (χ1) is 21.3. The predicted octanol–water partition coefficient (Wildman–Crippen LogP) is 5.03. The molecule has 3 atom stereocenters. The first kappa shape index (κ1) is 28.7. The largest absolute Gasteiger partial charge is 0.496 e. The maximum atomic E-state index is 11.0. The fraction of sp³-hybridized carbons (Fsp3) is 0.382. The molecule has 0 spiro atoms. The van der Waals surface area contributed by atoms with E-state index in [1.165, 1.54) is 11.1 Å². The summed E-state index contributed by atoms with van der Waals surface area (Å²) in [7, 11) is 3.87. The zero-order valence-corrected chi connectivity index (χ0v) is 26.0.